The van der Waals surface area contributed by atoms with Crippen molar-refractivity contribution in [3.63, 3.8) is 0 Å². The van der Waals surface area contributed by atoms with Gasteiger partial charge in [-0.05, 0) is 12.1 Å². The predicted octanol–water partition coefficient (Wildman–Crippen LogP) is 1.79. The maximum atomic E-state index is 10.9. The monoisotopic (exact) mass is 217 g/mol. The molecule has 0 atom stereocenters. The van der Waals surface area contributed by atoms with Crippen LogP contribution in [-0.2, 0) is 9.53 Å². The SMILES string of the molecule is COC(=O)COc1ccc2ccccc2n1. The Bertz CT molecular complexity index is 510. The lowest BCUT2D eigenvalue weighted by molar-refractivity contribution is -0.143. The molecule has 82 valence electrons. The lowest BCUT2D eigenvalue weighted by Crippen LogP contribution is -2.13. The standard InChI is InChI=1S/C12H11NO3/c1-15-12(14)8-16-11-7-6-9-4-2-3-5-10(9)13-11/h2-7H,8H2,1H3. The van der Waals surface area contributed by atoms with Crippen LogP contribution in [0.4, 0.5) is 0 Å². The average Bonchev–Trinajstić information content (AvgIpc) is 2.35. The molecule has 4 heteroatoms. The first-order valence-electron chi connectivity index (χ1n) is 4.85. The van der Waals surface area contributed by atoms with Crippen LogP contribution in [0.25, 0.3) is 10.9 Å². The van der Waals surface area contributed by atoms with Crippen LogP contribution in [0.5, 0.6) is 5.88 Å². The summed E-state index contributed by atoms with van der Waals surface area (Å²) in [5, 5.41) is 1.04. The van der Waals surface area contributed by atoms with Crippen molar-refractivity contribution in [2.75, 3.05) is 13.7 Å². The minimum Gasteiger partial charge on any atom is -0.466 e. The number of methoxy groups -OCH3 is 1. The summed E-state index contributed by atoms with van der Waals surface area (Å²) in [5.74, 6) is -0.000872. The van der Waals surface area contributed by atoms with Crippen molar-refractivity contribution >= 4 is 16.9 Å². The molecule has 0 spiro atoms. The first-order chi connectivity index (χ1) is 7.79. The van der Waals surface area contributed by atoms with Crippen LogP contribution in [-0.4, -0.2) is 24.7 Å². The summed E-state index contributed by atoms with van der Waals surface area (Å²) < 4.78 is 9.65. The third kappa shape index (κ3) is 2.28. The molecule has 1 heterocycles. The number of carbonyl (C=O) groups is 1. The fourth-order valence-electron chi connectivity index (χ4n) is 1.32. The molecule has 0 aliphatic carbocycles. The highest BCUT2D eigenvalue weighted by molar-refractivity contribution is 5.78. The Hall–Kier alpha value is -2.10. The van der Waals surface area contributed by atoms with Crippen molar-refractivity contribution in [2.24, 2.45) is 0 Å². The predicted molar refractivity (Wildman–Crippen MR) is 59.3 cm³/mol. The molecule has 0 bridgehead atoms. The molecule has 2 rings (SSSR count). The first-order valence-corrected chi connectivity index (χ1v) is 4.85. The second-order valence-corrected chi connectivity index (χ2v) is 3.21. The van der Waals surface area contributed by atoms with Gasteiger partial charge in [0.25, 0.3) is 0 Å². The highest BCUT2D eigenvalue weighted by Crippen LogP contribution is 2.15. The summed E-state index contributed by atoms with van der Waals surface area (Å²) >= 11 is 0. The molecule has 0 aliphatic heterocycles. The normalized spacial score (nSPS) is 10.1. The van der Waals surface area contributed by atoms with E-state index in [4.69, 9.17) is 4.74 Å². The largest absolute Gasteiger partial charge is 0.466 e. The minimum absolute atomic E-state index is 0.123. The van der Waals surface area contributed by atoms with Crippen LogP contribution in [0.3, 0.4) is 0 Å². The van der Waals surface area contributed by atoms with Gasteiger partial charge in [0.1, 0.15) is 0 Å². The van der Waals surface area contributed by atoms with E-state index in [1.54, 1.807) is 6.07 Å². The van der Waals surface area contributed by atoms with Gasteiger partial charge in [-0.1, -0.05) is 18.2 Å². The first kappa shape index (κ1) is 10.4. The number of fused-ring (bicyclic) bond motifs is 1. The molecule has 0 N–H and O–H groups in total. The van der Waals surface area contributed by atoms with Crippen molar-refractivity contribution in [1.29, 1.82) is 0 Å². The third-order valence-corrected chi connectivity index (χ3v) is 2.14. The number of nitrogens with zero attached hydrogens (tertiary/aromatic N) is 1. The maximum absolute atomic E-state index is 10.9. The number of para-hydroxylation sites is 1. The van der Waals surface area contributed by atoms with Gasteiger partial charge in [-0.25, -0.2) is 9.78 Å². The molecule has 0 fully saturated rings. The maximum Gasteiger partial charge on any atom is 0.343 e. The molecule has 0 saturated heterocycles. The zero-order valence-corrected chi connectivity index (χ0v) is 8.84. The van der Waals surface area contributed by atoms with E-state index < -0.39 is 5.97 Å². The Morgan fingerprint density at radius 2 is 2.06 bits per heavy atom. The fraction of sp³-hybridized carbons (Fsp3) is 0.167. The molecular weight excluding hydrogens is 206 g/mol. The molecule has 0 amide bonds. The molecule has 16 heavy (non-hydrogen) atoms. The summed E-state index contributed by atoms with van der Waals surface area (Å²) in [4.78, 5) is 15.1. The van der Waals surface area contributed by atoms with Gasteiger partial charge < -0.3 is 9.47 Å². The van der Waals surface area contributed by atoms with Crippen LogP contribution in [0.2, 0.25) is 0 Å². The van der Waals surface area contributed by atoms with Gasteiger partial charge in [0, 0.05) is 11.5 Å². The van der Waals surface area contributed by atoms with Gasteiger partial charge in [0.15, 0.2) is 6.61 Å². The average molecular weight is 217 g/mol. The highest BCUT2D eigenvalue weighted by Gasteiger charge is 2.03. The molecule has 0 aliphatic rings. The quantitative estimate of drug-likeness (QED) is 0.735. The van der Waals surface area contributed by atoms with Crippen molar-refractivity contribution in [1.82, 2.24) is 4.98 Å². The van der Waals surface area contributed by atoms with Crippen LogP contribution < -0.4 is 4.74 Å². The zero-order valence-electron chi connectivity index (χ0n) is 8.84. The number of hydrogen-bond acceptors (Lipinski definition) is 4. The van der Waals surface area contributed by atoms with Gasteiger partial charge in [-0.2, -0.15) is 0 Å². The van der Waals surface area contributed by atoms with Crippen LogP contribution in [0.1, 0.15) is 0 Å². The second-order valence-electron chi connectivity index (χ2n) is 3.21. The number of rotatable bonds is 3. The van der Waals surface area contributed by atoms with Crippen LogP contribution >= 0.6 is 0 Å². The van der Waals surface area contributed by atoms with Crippen molar-refractivity contribution in [3.8, 4) is 5.88 Å². The van der Waals surface area contributed by atoms with Crippen molar-refractivity contribution in [2.45, 2.75) is 0 Å². The molecule has 1 aromatic heterocycles. The Morgan fingerprint density at radius 3 is 2.88 bits per heavy atom. The second kappa shape index (κ2) is 4.61. The summed E-state index contributed by atoms with van der Waals surface area (Å²) in [6.45, 7) is -0.123. The van der Waals surface area contributed by atoms with Crippen LogP contribution in [0, 0.1) is 0 Å². The Balaban J connectivity index is 2.16. The van der Waals surface area contributed by atoms with Crippen molar-refractivity contribution < 1.29 is 14.3 Å². The molecule has 0 radical (unpaired) electrons. The Morgan fingerprint density at radius 1 is 1.25 bits per heavy atom. The molecule has 4 nitrogen and oxygen atoms in total. The van der Waals surface area contributed by atoms with E-state index >= 15 is 0 Å². The van der Waals surface area contributed by atoms with Gasteiger partial charge in [0.2, 0.25) is 5.88 Å². The van der Waals surface area contributed by atoms with Crippen molar-refractivity contribution in [3.05, 3.63) is 36.4 Å². The lowest BCUT2D eigenvalue weighted by Gasteiger charge is -2.04. The summed E-state index contributed by atoms with van der Waals surface area (Å²) in [6, 6.07) is 11.3. The number of hydrogen-bond donors (Lipinski definition) is 0. The van der Waals surface area contributed by atoms with E-state index in [2.05, 4.69) is 9.72 Å². The number of ether oxygens (including phenoxy) is 2. The topological polar surface area (TPSA) is 48.4 Å². The number of esters is 1. The summed E-state index contributed by atoms with van der Waals surface area (Å²) in [7, 11) is 1.32. The smallest absolute Gasteiger partial charge is 0.343 e. The lowest BCUT2D eigenvalue weighted by atomic mass is 10.2. The highest BCUT2D eigenvalue weighted by atomic mass is 16.6. The molecule has 1 aromatic carbocycles. The van der Waals surface area contributed by atoms with E-state index in [-0.39, 0.29) is 6.61 Å². The third-order valence-electron chi connectivity index (χ3n) is 2.14. The zero-order chi connectivity index (χ0) is 11.4. The Kier molecular flexibility index (Phi) is 3.00. The van der Waals surface area contributed by atoms with Gasteiger partial charge in [-0.3, -0.25) is 0 Å². The number of aromatic nitrogens is 1. The van der Waals surface area contributed by atoms with E-state index in [0.29, 0.717) is 5.88 Å². The van der Waals surface area contributed by atoms with E-state index in [0.717, 1.165) is 10.9 Å². The fourth-order valence-corrected chi connectivity index (χ4v) is 1.32. The van der Waals surface area contributed by atoms with Gasteiger partial charge in [0.05, 0.1) is 12.6 Å². The van der Waals surface area contributed by atoms with Crippen LogP contribution in [0.15, 0.2) is 36.4 Å². The molecule has 0 saturated carbocycles. The summed E-state index contributed by atoms with van der Waals surface area (Å²) in [5.41, 5.74) is 0.838. The van der Waals surface area contributed by atoms with E-state index in [9.17, 15) is 4.79 Å². The summed E-state index contributed by atoms with van der Waals surface area (Å²) in [6.07, 6.45) is 0. The van der Waals surface area contributed by atoms with Gasteiger partial charge in [-0.15, -0.1) is 0 Å². The number of carbonyl (C=O) groups excluding carboxylic acids is 1. The number of benzene rings is 1. The molecule has 0 unspecified atom stereocenters. The number of pyridine rings is 1. The van der Waals surface area contributed by atoms with Gasteiger partial charge >= 0.3 is 5.97 Å². The van der Waals surface area contributed by atoms with E-state index in [1.165, 1.54) is 7.11 Å². The molecular formula is C12H11NO3. The minimum atomic E-state index is -0.421. The Labute approximate surface area is 92.8 Å². The van der Waals surface area contributed by atoms with E-state index in [1.807, 2.05) is 30.3 Å². The molecule has 2 aromatic rings.